The fourth-order valence-corrected chi connectivity index (χ4v) is 4.50. The van der Waals surface area contributed by atoms with E-state index in [4.69, 9.17) is 4.79 Å². The number of H-pyrrole nitrogens is 2. The zero-order valence-electron chi connectivity index (χ0n) is 29.9. The molecule has 0 fully saturated rings. The van der Waals surface area contributed by atoms with Crippen LogP contribution in [0.15, 0.2) is 74.3 Å². The van der Waals surface area contributed by atoms with E-state index in [-0.39, 0.29) is 0 Å². The van der Waals surface area contributed by atoms with E-state index in [0.29, 0.717) is 0 Å². The Labute approximate surface area is 269 Å². The molecule has 0 aliphatic heterocycles. The monoisotopic (exact) mass is 602 g/mol. The van der Waals surface area contributed by atoms with Crippen molar-refractivity contribution in [3.05, 3.63) is 85.5 Å². The van der Waals surface area contributed by atoms with Crippen molar-refractivity contribution in [2.24, 2.45) is 0 Å². The van der Waals surface area contributed by atoms with Gasteiger partial charge >= 0.3 is 0 Å². The average molecular weight is 603 g/mol. The maximum atomic E-state index is 8.81. The van der Waals surface area contributed by atoms with Crippen LogP contribution in [0.25, 0.3) is 44.1 Å². The molecular weight excluding hydrogens is 540 g/mol. The summed E-state index contributed by atoms with van der Waals surface area (Å²) in [6.45, 7) is 30.0. The van der Waals surface area contributed by atoms with Gasteiger partial charge in [0.25, 0.3) is 0 Å². The lowest BCUT2D eigenvalue weighted by Crippen LogP contribution is -2.10. The van der Waals surface area contributed by atoms with Crippen molar-refractivity contribution in [3.8, 4) is 22.3 Å². The molecule has 244 valence electrons. The van der Waals surface area contributed by atoms with Gasteiger partial charge in [0.2, 0.25) is 0 Å². The van der Waals surface area contributed by atoms with Gasteiger partial charge in [0.1, 0.15) is 6.29 Å². The quantitative estimate of drug-likeness (QED) is 0.103. The van der Waals surface area contributed by atoms with Crippen LogP contribution in [0, 0.1) is 13.8 Å². The van der Waals surface area contributed by atoms with Crippen LogP contribution in [-0.2, 0) is 11.3 Å². The molecule has 5 aromatic rings. The topological polar surface area (TPSA) is 65.6 Å². The Hall–Kier alpha value is -3.83. The van der Waals surface area contributed by atoms with Crippen LogP contribution >= 0.6 is 0 Å². The Bertz CT molecular complexity index is 1420. The number of hydrogen-bond acceptors (Lipinski definition) is 2. The number of carbonyl (C=O) groups excluding carboxylic acids is 1. The number of aromatic nitrogens is 3. The Balaban J connectivity index is 0. The van der Waals surface area contributed by atoms with Gasteiger partial charge in [0, 0.05) is 75.4 Å². The SMILES string of the molecule is C=C.CC.CC.CC.CC=O.CCC.CNCCCn1cc(-c2c[nH]cc2-c2c[nH]c3ccc(C)cc23)c2cc(C)ccc21. The number of carbonyl (C=O) groups is 1. The minimum Gasteiger partial charge on any atom is -0.366 e. The molecule has 3 heterocycles. The Morgan fingerprint density at radius 1 is 0.795 bits per heavy atom. The van der Waals surface area contributed by atoms with Gasteiger partial charge in [-0.25, -0.2) is 0 Å². The second kappa shape index (κ2) is 25.6. The van der Waals surface area contributed by atoms with Crippen molar-refractivity contribution in [1.82, 2.24) is 19.9 Å². The minimum absolute atomic E-state index is 0.750. The zero-order chi connectivity index (χ0) is 34.1. The summed E-state index contributed by atoms with van der Waals surface area (Å²) in [6.07, 6.45) is 11.8. The van der Waals surface area contributed by atoms with Crippen LogP contribution in [0.2, 0.25) is 0 Å². The van der Waals surface area contributed by atoms with Crippen molar-refractivity contribution in [1.29, 1.82) is 0 Å². The number of nitrogens with one attached hydrogen (secondary N) is 3. The summed E-state index contributed by atoms with van der Waals surface area (Å²) >= 11 is 0. The lowest BCUT2D eigenvalue weighted by molar-refractivity contribution is -0.106. The maximum absolute atomic E-state index is 8.81. The molecule has 5 heteroatoms. The first-order valence-corrected chi connectivity index (χ1v) is 16.4. The first-order valence-electron chi connectivity index (χ1n) is 16.4. The smallest absolute Gasteiger partial charge is 0.116 e. The summed E-state index contributed by atoms with van der Waals surface area (Å²) in [7, 11) is 2.01. The largest absolute Gasteiger partial charge is 0.366 e. The fraction of sp³-hybridized carbons (Fsp3) is 0.410. The first kappa shape index (κ1) is 42.3. The Kier molecular flexibility index (Phi) is 24.7. The highest BCUT2D eigenvalue weighted by Crippen LogP contribution is 2.40. The lowest BCUT2D eigenvalue weighted by atomic mass is 9.97. The molecule has 0 saturated heterocycles. The molecular formula is C39H62N4O. The van der Waals surface area contributed by atoms with Gasteiger partial charge in [0.15, 0.2) is 0 Å². The third-order valence-corrected chi connectivity index (χ3v) is 6.03. The summed E-state index contributed by atoms with van der Waals surface area (Å²) in [5.41, 5.74) is 10.1. The summed E-state index contributed by atoms with van der Waals surface area (Å²) in [6, 6.07) is 13.4. The van der Waals surface area contributed by atoms with E-state index >= 15 is 0 Å². The molecule has 0 unspecified atom stereocenters. The van der Waals surface area contributed by atoms with E-state index in [1.165, 1.54) is 68.5 Å². The van der Waals surface area contributed by atoms with E-state index in [2.05, 4.69) is 122 Å². The number of fused-ring (bicyclic) bond motifs is 2. The molecule has 5 rings (SSSR count). The molecule has 0 radical (unpaired) electrons. The van der Waals surface area contributed by atoms with Gasteiger partial charge in [-0.15, -0.1) is 13.2 Å². The normalized spacial score (nSPS) is 9.18. The second-order valence-electron chi connectivity index (χ2n) is 9.19. The predicted octanol–water partition coefficient (Wildman–Crippen LogP) is 11.5. The molecule has 0 bridgehead atoms. The fourth-order valence-electron chi connectivity index (χ4n) is 4.50. The van der Waals surface area contributed by atoms with Crippen LogP contribution in [0.3, 0.4) is 0 Å². The maximum Gasteiger partial charge on any atom is 0.116 e. The molecule has 5 nitrogen and oxygen atoms in total. The number of aldehydes is 1. The minimum atomic E-state index is 0.750. The van der Waals surface area contributed by atoms with Gasteiger partial charge in [-0.2, -0.15) is 0 Å². The van der Waals surface area contributed by atoms with Crippen molar-refractivity contribution >= 4 is 28.1 Å². The van der Waals surface area contributed by atoms with Gasteiger partial charge in [-0.1, -0.05) is 85.1 Å². The van der Waals surface area contributed by atoms with Crippen molar-refractivity contribution in [3.63, 3.8) is 0 Å². The lowest BCUT2D eigenvalue weighted by Gasteiger charge is -2.05. The number of nitrogens with zero attached hydrogens (tertiary/aromatic N) is 1. The molecule has 0 aliphatic carbocycles. The summed E-state index contributed by atoms with van der Waals surface area (Å²) in [5.74, 6) is 0. The molecule has 3 aromatic heterocycles. The van der Waals surface area contributed by atoms with Crippen LogP contribution < -0.4 is 5.32 Å². The average Bonchev–Trinajstić information content (AvgIpc) is 3.79. The van der Waals surface area contributed by atoms with Gasteiger partial charge in [0.05, 0.1) is 0 Å². The van der Waals surface area contributed by atoms with E-state index in [0.717, 1.165) is 25.8 Å². The number of aromatic amines is 2. The zero-order valence-corrected chi connectivity index (χ0v) is 29.9. The van der Waals surface area contributed by atoms with Crippen LogP contribution in [0.5, 0.6) is 0 Å². The summed E-state index contributed by atoms with van der Waals surface area (Å²) in [5, 5.41) is 5.84. The molecule has 0 amide bonds. The van der Waals surface area contributed by atoms with Gasteiger partial charge in [-0.05, 0) is 65.0 Å². The number of aryl methyl sites for hydroxylation is 3. The van der Waals surface area contributed by atoms with Crippen LogP contribution in [0.4, 0.5) is 0 Å². The van der Waals surface area contributed by atoms with Gasteiger partial charge in [-0.3, -0.25) is 0 Å². The standard InChI is InChI=1S/C26H28N4.C3H8.C2H4O.3C2H6.C2H4/c1-17-5-7-25-19(11-17)23(15-29-25)21-13-28-14-22(21)24-16-30(10-4-9-27-3)26-8-6-18(2)12-20(24)26;1-3-2;1-2-3;4*1-2/h5-8,11-16,27-29H,4,9-10H2,1-3H3;3H2,1-2H3;2H,1H3;3*1-2H3;1-2H2. The molecule has 0 aliphatic rings. The highest BCUT2D eigenvalue weighted by Gasteiger charge is 2.17. The molecule has 3 N–H and O–H groups in total. The Morgan fingerprint density at radius 2 is 1.30 bits per heavy atom. The number of benzene rings is 2. The van der Waals surface area contributed by atoms with E-state index in [9.17, 15) is 0 Å². The summed E-state index contributed by atoms with van der Waals surface area (Å²) < 4.78 is 2.40. The van der Waals surface area contributed by atoms with E-state index < -0.39 is 0 Å². The third-order valence-electron chi connectivity index (χ3n) is 6.03. The third kappa shape index (κ3) is 12.0. The van der Waals surface area contributed by atoms with E-state index in [1.54, 1.807) is 0 Å². The molecule has 44 heavy (non-hydrogen) atoms. The molecule has 0 atom stereocenters. The molecule has 2 aromatic carbocycles. The highest BCUT2D eigenvalue weighted by molar-refractivity contribution is 6.04. The van der Waals surface area contributed by atoms with Crippen LogP contribution in [-0.4, -0.2) is 34.4 Å². The highest BCUT2D eigenvalue weighted by atomic mass is 16.1. The van der Waals surface area contributed by atoms with Gasteiger partial charge < -0.3 is 24.6 Å². The Morgan fingerprint density at radius 3 is 1.84 bits per heavy atom. The van der Waals surface area contributed by atoms with Crippen molar-refractivity contribution in [2.75, 3.05) is 13.6 Å². The van der Waals surface area contributed by atoms with E-state index in [1.807, 2.05) is 48.6 Å². The predicted molar refractivity (Wildman–Crippen MR) is 200 cm³/mol. The summed E-state index contributed by atoms with van der Waals surface area (Å²) in [4.78, 5) is 15.6. The van der Waals surface area contributed by atoms with Crippen molar-refractivity contribution < 1.29 is 4.79 Å². The van der Waals surface area contributed by atoms with Crippen molar-refractivity contribution in [2.45, 2.75) is 95.5 Å². The number of rotatable bonds is 6. The molecule has 0 spiro atoms. The molecule has 0 saturated carbocycles. The van der Waals surface area contributed by atoms with Crippen LogP contribution in [0.1, 0.15) is 86.3 Å². The second-order valence-corrected chi connectivity index (χ2v) is 9.19. The number of hydrogen-bond donors (Lipinski definition) is 3. The first-order chi connectivity index (χ1) is 21.5.